The van der Waals surface area contributed by atoms with E-state index < -0.39 is 6.10 Å². The lowest BCUT2D eigenvalue weighted by Gasteiger charge is -2.08. The monoisotopic (exact) mass is 225 g/mol. The van der Waals surface area contributed by atoms with E-state index in [1.165, 1.54) is 0 Å². The molecule has 0 spiro atoms. The summed E-state index contributed by atoms with van der Waals surface area (Å²) < 4.78 is 5.41. The number of pyridine rings is 1. The topological polar surface area (TPSA) is 46.3 Å². The van der Waals surface area contributed by atoms with Gasteiger partial charge in [0.1, 0.15) is 11.7 Å². The van der Waals surface area contributed by atoms with Crippen molar-refractivity contribution in [2.75, 3.05) is 0 Å². The van der Waals surface area contributed by atoms with E-state index in [1.807, 2.05) is 30.3 Å². The molecule has 1 N–H and O–H groups in total. The first-order valence-electron chi connectivity index (χ1n) is 5.40. The Kier molecular flexibility index (Phi) is 2.38. The number of nitrogens with zero attached hydrogens (tertiary/aromatic N) is 1. The molecule has 17 heavy (non-hydrogen) atoms. The van der Waals surface area contributed by atoms with Crippen molar-refractivity contribution >= 4 is 11.0 Å². The van der Waals surface area contributed by atoms with Gasteiger partial charge < -0.3 is 9.52 Å². The highest BCUT2D eigenvalue weighted by atomic mass is 16.3. The third kappa shape index (κ3) is 1.70. The average molecular weight is 225 g/mol. The van der Waals surface area contributed by atoms with E-state index in [0.29, 0.717) is 0 Å². The molecule has 0 saturated carbocycles. The molecule has 1 atom stereocenters. The minimum Gasteiger partial charge on any atom is -0.464 e. The Morgan fingerprint density at radius 2 is 2.00 bits per heavy atom. The van der Waals surface area contributed by atoms with E-state index in [1.54, 1.807) is 24.7 Å². The second-order valence-electron chi connectivity index (χ2n) is 3.88. The number of benzene rings is 1. The van der Waals surface area contributed by atoms with Crippen molar-refractivity contribution < 1.29 is 9.52 Å². The summed E-state index contributed by atoms with van der Waals surface area (Å²) in [4.78, 5) is 4.01. The van der Waals surface area contributed by atoms with E-state index in [0.717, 1.165) is 22.1 Å². The van der Waals surface area contributed by atoms with Crippen LogP contribution in [0.2, 0.25) is 0 Å². The van der Waals surface area contributed by atoms with E-state index >= 15 is 0 Å². The number of fused-ring (bicyclic) bond motifs is 1. The number of hydrogen-bond acceptors (Lipinski definition) is 3. The summed E-state index contributed by atoms with van der Waals surface area (Å²) in [7, 11) is 0. The van der Waals surface area contributed by atoms with Gasteiger partial charge in [0.25, 0.3) is 0 Å². The molecule has 1 aromatic carbocycles. The molecular weight excluding hydrogens is 214 g/mol. The molecule has 3 heteroatoms. The second kappa shape index (κ2) is 4.03. The highest BCUT2D eigenvalue weighted by Crippen LogP contribution is 2.29. The predicted octanol–water partition coefficient (Wildman–Crippen LogP) is 2.91. The largest absolute Gasteiger partial charge is 0.464 e. The Bertz CT molecular complexity index is 631. The maximum absolute atomic E-state index is 10.3. The van der Waals surface area contributed by atoms with Crippen LogP contribution in [0.5, 0.6) is 0 Å². The maximum Gasteiger partial charge on any atom is 0.134 e. The fourth-order valence-corrected chi connectivity index (χ4v) is 1.93. The van der Waals surface area contributed by atoms with Crippen LogP contribution in [0, 0.1) is 0 Å². The molecule has 0 aliphatic carbocycles. The maximum atomic E-state index is 10.3. The van der Waals surface area contributed by atoms with Gasteiger partial charge in [0.2, 0.25) is 0 Å². The summed E-state index contributed by atoms with van der Waals surface area (Å²) in [5, 5.41) is 11.2. The van der Waals surface area contributed by atoms with Gasteiger partial charge in [-0.3, -0.25) is 4.98 Å². The minimum atomic E-state index is -0.702. The molecule has 0 radical (unpaired) electrons. The number of furan rings is 1. The van der Waals surface area contributed by atoms with Gasteiger partial charge in [0.05, 0.1) is 6.26 Å². The van der Waals surface area contributed by atoms with Crippen LogP contribution in [-0.2, 0) is 0 Å². The Morgan fingerprint density at radius 1 is 1.12 bits per heavy atom. The van der Waals surface area contributed by atoms with Gasteiger partial charge in [0.15, 0.2) is 0 Å². The molecule has 3 aromatic rings. The SMILES string of the molecule is OC(c1cccnc1)c1coc2ccccc12. The van der Waals surface area contributed by atoms with Crippen molar-refractivity contribution in [3.8, 4) is 0 Å². The second-order valence-corrected chi connectivity index (χ2v) is 3.88. The Hall–Kier alpha value is -2.13. The smallest absolute Gasteiger partial charge is 0.134 e. The van der Waals surface area contributed by atoms with Gasteiger partial charge in [-0.05, 0) is 12.1 Å². The van der Waals surface area contributed by atoms with Crippen LogP contribution < -0.4 is 0 Å². The predicted molar refractivity (Wildman–Crippen MR) is 64.5 cm³/mol. The molecule has 0 bridgehead atoms. The summed E-state index contributed by atoms with van der Waals surface area (Å²) in [5.41, 5.74) is 2.32. The quantitative estimate of drug-likeness (QED) is 0.729. The molecule has 2 heterocycles. The van der Waals surface area contributed by atoms with Gasteiger partial charge in [-0.15, -0.1) is 0 Å². The molecule has 3 rings (SSSR count). The summed E-state index contributed by atoms with van der Waals surface area (Å²) >= 11 is 0. The first-order valence-corrected chi connectivity index (χ1v) is 5.40. The fourth-order valence-electron chi connectivity index (χ4n) is 1.93. The third-order valence-corrected chi connectivity index (χ3v) is 2.81. The van der Waals surface area contributed by atoms with Crippen molar-refractivity contribution in [1.82, 2.24) is 4.98 Å². The lowest BCUT2D eigenvalue weighted by molar-refractivity contribution is 0.220. The van der Waals surface area contributed by atoms with Crippen molar-refractivity contribution in [3.05, 3.63) is 66.2 Å². The van der Waals surface area contributed by atoms with Gasteiger partial charge in [-0.2, -0.15) is 0 Å². The van der Waals surface area contributed by atoms with Crippen molar-refractivity contribution in [2.45, 2.75) is 6.10 Å². The van der Waals surface area contributed by atoms with Crippen molar-refractivity contribution in [2.24, 2.45) is 0 Å². The number of rotatable bonds is 2. The lowest BCUT2D eigenvalue weighted by atomic mass is 10.0. The first kappa shape index (κ1) is 10.1. The standard InChI is InChI=1S/C14H11NO2/c16-14(10-4-3-7-15-8-10)12-9-17-13-6-2-1-5-11(12)13/h1-9,14,16H. The summed E-state index contributed by atoms with van der Waals surface area (Å²) in [6.45, 7) is 0. The number of para-hydroxylation sites is 1. The van der Waals surface area contributed by atoms with Gasteiger partial charge in [-0.1, -0.05) is 24.3 Å². The summed E-state index contributed by atoms with van der Waals surface area (Å²) in [5.74, 6) is 0. The number of aliphatic hydroxyl groups excluding tert-OH is 1. The van der Waals surface area contributed by atoms with Crippen LogP contribution in [0.4, 0.5) is 0 Å². The number of aliphatic hydroxyl groups is 1. The third-order valence-electron chi connectivity index (χ3n) is 2.81. The van der Waals surface area contributed by atoms with Gasteiger partial charge in [-0.25, -0.2) is 0 Å². The van der Waals surface area contributed by atoms with Crippen LogP contribution in [-0.4, -0.2) is 10.1 Å². The molecule has 84 valence electrons. The van der Waals surface area contributed by atoms with E-state index in [2.05, 4.69) is 4.98 Å². The normalized spacial score (nSPS) is 12.8. The zero-order valence-corrected chi connectivity index (χ0v) is 9.08. The average Bonchev–Trinajstić information content (AvgIpc) is 2.83. The lowest BCUT2D eigenvalue weighted by Crippen LogP contribution is -1.98. The first-order chi connectivity index (χ1) is 8.36. The minimum absolute atomic E-state index is 0.702. The van der Waals surface area contributed by atoms with Gasteiger partial charge >= 0.3 is 0 Å². The molecule has 2 aromatic heterocycles. The van der Waals surface area contributed by atoms with Crippen LogP contribution >= 0.6 is 0 Å². The molecular formula is C14H11NO2. The number of hydrogen-bond donors (Lipinski definition) is 1. The molecule has 0 aliphatic rings. The van der Waals surface area contributed by atoms with Crippen molar-refractivity contribution in [3.63, 3.8) is 0 Å². The Labute approximate surface area is 98.3 Å². The summed E-state index contributed by atoms with van der Waals surface area (Å²) in [6, 6.07) is 11.3. The fraction of sp³-hybridized carbons (Fsp3) is 0.0714. The molecule has 1 unspecified atom stereocenters. The molecule has 0 aliphatic heterocycles. The summed E-state index contributed by atoms with van der Waals surface area (Å²) in [6.07, 6.45) is 4.24. The molecule has 0 fully saturated rings. The number of aromatic nitrogens is 1. The molecule has 0 saturated heterocycles. The Morgan fingerprint density at radius 3 is 2.82 bits per heavy atom. The van der Waals surface area contributed by atoms with Crippen LogP contribution in [0.25, 0.3) is 11.0 Å². The highest BCUT2D eigenvalue weighted by Gasteiger charge is 2.15. The molecule has 0 amide bonds. The Balaban J connectivity index is 2.10. The van der Waals surface area contributed by atoms with E-state index in [4.69, 9.17) is 4.42 Å². The highest BCUT2D eigenvalue weighted by molar-refractivity contribution is 5.81. The molecule has 3 nitrogen and oxygen atoms in total. The van der Waals surface area contributed by atoms with Crippen molar-refractivity contribution in [1.29, 1.82) is 0 Å². The van der Waals surface area contributed by atoms with Crippen LogP contribution in [0.1, 0.15) is 17.2 Å². The van der Waals surface area contributed by atoms with Crippen LogP contribution in [0.3, 0.4) is 0 Å². The zero-order valence-electron chi connectivity index (χ0n) is 9.08. The van der Waals surface area contributed by atoms with Gasteiger partial charge in [0, 0.05) is 28.9 Å². The van der Waals surface area contributed by atoms with E-state index in [-0.39, 0.29) is 0 Å². The zero-order chi connectivity index (χ0) is 11.7. The van der Waals surface area contributed by atoms with Crippen LogP contribution in [0.15, 0.2) is 59.5 Å². The van der Waals surface area contributed by atoms with E-state index in [9.17, 15) is 5.11 Å².